The molecule has 10 heteroatoms. The number of anilines is 1. The topological polar surface area (TPSA) is 111 Å². The molecule has 0 spiro atoms. The van der Waals surface area contributed by atoms with Crippen LogP contribution in [-0.2, 0) is 37.8 Å². The zero-order chi connectivity index (χ0) is 23.5. The van der Waals surface area contributed by atoms with Gasteiger partial charge in [0.25, 0.3) is 5.91 Å². The van der Waals surface area contributed by atoms with E-state index in [2.05, 4.69) is 10.3 Å². The van der Waals surface area contributed by atoms with Crippen LogP contribution in [-0.4, -0.2) is 54.9 Å². The SMILES string of the molecule is Cc1cccc(NC(=O)COC(=O)CCc2nc3cc(S(=O)(=O)N(C)C)ccc3n2C)c1. The highest BCUT2D eigenvalue weighted by molar-refractivity contribution is 7.89. The van der Waals surface area contributed by atoms with Gasteiger partial charge >= 0.3 is 5.97 Å². The number of carbonyl (C=O) groups excluding carboxylic acids is 2. The summed E-state index contributed by atoms with van der Waals surface area (Å²) >= 11 is 0. The summed E-state index contributed by atoms with van der Waals surface area (Å²) in [4.78, 5) is 28.7. The molecule has 1 N–H and O–H groups in total. The number of nitrogens with one attached hydrogen (secondary N) is 1. The van der Waals surface area contributed by atoms with Gasteiger partial charge in [0.1, 0.15) is 5.82 Å². The molecular weight excluding hydrogens is 432 g/mol. The van der Waals surface area contributed by atoms with Crippen LogP contribution in [0, 0.1) is 6.92 Å². The van der Waals surface area contributed by atoms with E-state index in [1.807, 2.05) is 25.1 Å². The maximum absolute atomic E-state index is 12.3. The van der Waals surface area contributed by atoms with Crippen LogP contribution in [0.25, 0.3) is 11.0 Å². The molecule has 0 atom stereocenters. The Morgan fingerprint density at radius 2 is 1.91 bits per heavy atom. The highest BCUT2D eigenvalue weighted by Gasteiger charge is 2.19. The normalized spacial score (nSPS) is 11.7. The smallest absolute Gasteiger partial charge is 0.306 e. The Kier molecular flexibility index (Phi) is 6.95. The molecule has 32 heavy (non-hydrogen) atoms. The number of esters is 1. The lowest BCUT2D eigenvalue weighted by atomic mass is 10.2. The fraction of sp³-hybridized carbons (Fsp3) is 0.318. The third-order valence-corrected chi connectivity index (χ3v) is 6.75. The molecule has 0 fully saturated rings. The average Bonchev–Trinajstić information content (AvgIpc) is 3.05. The fourth-order valence-corrected chi connectivity index (χ4v) is 4.10. The van der Waals surface area contributed by atoms with Gasteiger partial charge in [-0.15, -0.1) is 0 Å². The molecule has 0 aliphatic carbocycles. The first-order valence-electron chi connectivity index (χ1n) is 9.98. The molecule has 2 aromatic carbocycles. The van der Waals surface area contributed by atoms with Crippen LogP contribution in [0.5, 0.6) is 0 Å². The lowest BCUT2D eigenvalue weighted by molar-refractivity contribution is -0.147. The number of nitrogens with zero attached hydrogens (tertiary/aromatic N) is 3. The number of aromatic nitrogens is 2. The molecule has 0 saturated heterocycles. The van der Waals surface area contributed by atoms with Crippen molar-refractivity contribution in [3.05, 3.63) is 53.9 Å². The van der Waals surface area contributed by atoms with Crippen molar-refractivity contribution in [2.45, 2.75) is 24.7 Å². The van der Waals surface area contributed by atoms with Gasteiger partial charge in [-0.2, -0.15) is 0 Å². The minimum Gasteiger partial charge on any atom is -0.456 e. The Bertz CT molecular complexity index is 1260. The molecule has 3 aromatic rings. The lowest BCUT2D eigenvalue weighted by Gasteiger charge is -2.10. The largest absolute Gasteiger partial charge is 0.456 e. The molecule has 3 rings (SSSR count). The van der Waals surface area contributed by atoms with E-state index in [0.29, 0.717) is 23.4 Å². The van der Waals surface area contributed by atoms with Gasteiger partial charge in [0.15, 0.2) is 6.61 Å². The Hall–Kier alpha value is -3.24. The second-order valence-electron chi connectivity index (χ2n) is 7.60. The van der Waals surface area contributed by atoms with Crippen molar-refractivity contribution in [2.24, 2.45) is 7.05 Å². The van der Waals surface area contributed by atoms with Crippen molar-refractivity contribution in [3.8, 4) is 0 Å². The van der Waals surface area contributed by atoms with Crippen molar-refractivity contribution in [1.82, 2.24) is 13.9 Å². The highest BCUT2D eigenvalue weighted by Crippen LogP contribution is 2.22. The molecule has 0 bridgehead atoms. The second kappa shape index (κ2) is 9.49. The molecular formula is C22H26N4O5S. The predicted octanol–water partition coefficient (Wildman–Crippen LogP) is 2.25. The van der Waals surface area contributed by atoms with Crippen molar-refractivity contribution >= 4 is 38.6 Å². The molecule has 9 nitrogen and oxygen atoms in total. The fourth-order valence-electron chi connectivity index (χ4n) is 3.18. The predicted molar refractivity (Wildman–Crippen MR) is 121 cm³/mol. The third kappa shape index (κ3) is 5.32. The molecule has 1 heterocycles. The number of benzene rings is 2. The third-order valence-electron chi connectivity index (χ3n) is 4.94. The Morgan fingerprint density at radius 1 is 1.16 bits per heavy atom. The van der Waals surface area contributed by atoms with Crippen LogP contribution >= 0.6 is 0 Å². The maximum Gasteiger partial charge on any atom is 0.306 e. The molecule has 1 amide bonds. The van der Waals surface area contributed by atoms with Crippen molar-refractivity contribution < 1.29 is 22.7 Å². The number of hydrogen-bond acceptors (Lipinski definition) is 6. The summed E-state index contributed by atoms with van der Waals surface area (Å²) in [5, 5.41) is 2.68. The first-order valence-corrected chi connectivity index (χ1v) is 11.4. The number of carbonyl (C=O) groups is 2. The van der Waals surface area contributed by atoms with Crippen LogP contribution in [0.15, 0.2) is 47.4 Å². The number of fused-ring (bicyclic) bond motifs is 1. The molecule has 0 unspecified atom stereocenters. The maximum atomic E-state index is 12.3. The van der Waals surface area contributed by atoms with E-state index < -0.39 is 21.9 Å². The highest BCUT2D eigenvalue weighted by atomic mass is 32.2. The Balaban J connectivity index is 1.58. The molecule has 0 aliphatic rings. The molecule has 0 aliphatic heterocycles. The van der Waals surface area contributed by atoms with Crippen LogP contribution in [0.1, 0.15) is 17.8 Å². The molecule has 0 radical (unpaired) electrons. The van der Waals surface area contributed by atoms with Gasteiger partial charge in [-0.1, -0.05) is 12.1 Å². The van der Waals surface area contributed by atoms with Crippen molar-refractivity contribution in [2.75, 3.05) is 26.0 Å². The minimum absolute atomic E-state index is 0.0394. The summed E-state index contributed by atoms with van der Waals surface area (Å²) in [5.74, 6) is -0.325. The van der Waals surface area contributed by atoms with E-state index in [4.69, 9.17) is 4.74 Å². The quantitative estimate of drug-likeness (QED) is 0.519. The number of amides is 1. The zero-order valence-electron chi connectivity index (χ0n) is 18.5. The van der Waals surface area contributed by atoms with Gasteiger partial charge in [0.2, 0.25) is 10.0 Å². The van der Waals surface area contributed by atoms with Crippen molar-refractivity contribution in [3.63, 3.8) is 0 Å². The Labute approximate surface area is 187 Å². The summed E-state index contributed by atoms with van der Waals surface area (Å²) in [5.41, 5.74) is 2.93. The number of hydrogen-bond donors (Lipinski definition) is 1. The van der Waals surface area contributed by atoms with Crippen LogP contribution in [0.2, 0.25) is 0 Å². The summed E-state index contributed by atoms with van der Waals surface area (Å²) in [6.07, 6.45) is 0.330. The van der Waals surface area contributed by atoms with Gasteiger partial charge < -0.3 is 14.6 Å². The molecule has 1 aromatic heterocycles. The van der Waals surface area contributed by atoms with E-state index in [1.165, 1.54) is 26.2 Å². The minimum atomic E-state index is -3.57. The summed E-state index contributed by atoms with van der Waals surface area (Å²) in [7, 11) is 1.17. The van der Waals surface area contributed by atoms with Gasteiger partial charge in [-0.3, -0.25) is 9.59 Å². The molecule has 170 valence electrons. The summed E-state index contributed by atoms with van der Waals surface area (Å²) in [6.45, 7) is 1.54. The van der Waals surface area contributed by atoms with Gasteiger partial charge in [0, 0.05) is 33.3 Å². The van der Waals surface area contributed by atoms with Gasteiger partial charge in [-0.25, -0.2) is 17.7 Å². The van der Waals surface area contributed by atoms with Crippen LogP contribution in [0.3, 0.4) is 0 Å². The Morgan fingerprint density at radius 3 is 2.59 bits per heavy atom. The van der Waals surface area contributed by atoms with Gasteiger partial charge in [-0.05, 0) is 42.8 Å². The first-order chi connectivity index (χ1) is 15.1. The number of imidazole rings is 1. The number of sulfonamides is 1. The monoisotopic (exact) mass is 458 g/mol. The summed E-state index contributed by atoms with van der Waals surface area (Å²) < 4.78 is 32.7. The van der Waals surface area contributed by atoms with E-state index >= 15 is 0 Å². The first kappa shape index (κ1) is 23.4. The van der Waals surface area contributed by atoms with Crippen molar-refractivity contribution in [1.29, 1.82) is 0 Å². The van der Waals surface area contributed by atoms with E-state index in [1.54, 1.807) is 23.7 Å². The summed E-state index contributed by atoms with van der Waals surface area (Å²) in [6, 6.07) is 12.1. The van der Waals surface area contributed by atoms with E-state index in [0.717, 1.165) is 15.4 Å². The second-order valence-corrected chi connectivity index (χ2v) is 9.76. The van der Waals surface area contributed by atoms with E-state index in [-0.39, 0.29) is 17.9 Å². The van der Waals surface area contributed by atoms with Gasteiger partial charge in [0.05, 0.1) is 22.3 Å². The standard InChI is InChI=1S/C22H26N4O5S/c1-15-6-5-7-16(12-15)23-21(27)14-31-22(28)11-10-20-24-18-13-17(32(29,30)25(2)3)8-9-19(18)26(20)4/h5-9,12-13H,10-11,14H2,1-4H3,(H,23,27). The van der Waals surface area contributed by atoms with E-state index in [9.17, 15) is 18.0 Å². The van der Waals surface area contributed by atoms with Crippen LogP contribution in [0.4, 0.5) is 5.69 Å². The zero-order valence-corrected chi connectivity index (χ0v) is 19.3. The number of aryl methyl sites for hydroxylation is 3. The molecule has 0 saturated carbocycles. The number of ether oxygens (including phenoxy) is 1. The van der Waals surface area contributed by atoms with Crippen LogP contribution < -0.4 is 5.32 Å². The number of rotatable bonds is 8. The lowest BCUT2D eigenvalue weighted by Crippen LogP contribution is -2.22. The average molecular weight is 459 g/mol.